The van der Waals surface area contributed by atoms with E-state index >= 15 is 0 Å². The van der Waals surface area contributed by atoms with E-state index in [9.17, 15) is 24.6 Å². The zero-order valence-corrected chi connectivity index (χ0v) is 18.5. The highest BCUT2D eigenvalue weighted by Gasteiger charge is 2.48. The number of nitrogens with one attached hydrogen (secondary N) is 1. The van der Waals surface area contributed by atoms with Crippen LogP contribution >= 0.6 is 0 Å². The number of aliphatic hydroxyl groups excluding tert-OH is 2. The first-order valence-electron chi connectivity index (χ1n) is 10.9. The van der Waals surface area contributed by atoms with Gasteiger partial charge in [-0.15, -0.1) is 0 Å². The first-order chi connectivity index (χ1) is 16.9. The van der Waals surface area contributed by atoms with Gasteiger partial charge in [0.2, 0.25) is 0 Å². The number of hydrogen-bond donors (Lipinski definition) is 3. The summed E-state index contributed by atoms with van der Waals surface area (Å²) < 4.78 is 12.4. The lowest BCUT2D eigenvalue weighted by molar-refractivity contribution is -0.0789. The highest BCUT2D eigenvalue weighted by molar-refractivity contribution is 5.89. The van der Waals surface area contributed by atoms with Crippen LogP contribution in [0.15, 0.2) is 101 Å². The van der Waals surface area contributed by atoms with Crippen LogP contribution in [0.3, 0.4) is 0 Å². The molecule has 1 fully saturated rings. The Balaban J connectivity index is 1.59. The number of aromatic amines is 1. The minimum absolute atomic E-state index is 0.298. The van der Waals surface area contributed by atoms with Crippen molar-refractivity contribution >= 4 is 12.0 Å². The zero-order valence-electron chi connectivity index (χ0n) is 18.5. The Morgan fingerprint density at radius 1 is 0.971 bits per heavy atom. The van der Waals surface area contributed by atoms with E-state index < -0.39 is 47.9 Å². The van der Waals surface area contributed by atoms with Gasteiger partial charge in [0.05, 0.1) is 5.56 Å². The van der Waals surface area contributed by atoms with Gasteiger partial charge in [-0.2, -0.15) is 0 Å². The van der Waals surface area contributed by atoms with Crippen molar-refractivity contribution in [3.05, 3.63) is 123 Å². The molecule has 0 spiro atoms. The molecule has 3 aromatic rings. The molecular formula is C26H24N2O7. The number of nitrogens with zero attached hydrogens (tertiary/aromatic N) is 1. The molecule has 2 heterocycles. The van der Waals surface area contributed by atoms with E-state index in [1.807, 2.05) is 36.4 Å². The van der Waals surface area contributed by atoms with E-state index in [0.29, 0.717) is 5.56 Å². The third-order valence-corrected chi connectivity index (χ3v) is 5.48. The molecule has 1 aromatic heterocycles. The van der Waals surface area contributed by atoms with Crippen molar-refractivity contribution in [3.63, 3.8) is 0 Å². The largest absolute Gasteiger partial charge is 0.452 e. The van der Waals surface area contributed by atoms with Crippen LogP contribution < -0.4 is 11.2 Å². The number of rotatable bonds is 7. The molecule has 0 aliphatic carbocycles. The van der Waals surface area contributed by atoms with Gasteiger partial charge in [0, 0.05) is 12.3 Å². The van der Waals surface area contributed by atoms with E-state index in [1.165, 1.54) is 6.08 Å². The first kappa shape index (κ1) is 24.1. The van der Waals surface area contributed by atoms with Gasteiger partial charge in [-0.1, -0.05) is 66.8 Å². The number of allylic oxidation sites excluding steroid dienone is 2. The van der Waals surface area contributed by atoms with Crippen molar-refractivity contribution in [2.75, 3.05) is 0 Å². The van der Waals surface area contributed by atoms with Gasteiger partial charge < -0.3 is 19.7 Å². The molecule has 1 aliphatic rings. The van der Waals surface area contributed by atoms with Crippen molar-refractivity contribution < 1.29 is 24.5 Å². The molecule has 9 heteroatoms. The summed E-state index contributed by atoms with van der Waals surface area (Å²) in [6, 6.07) is 18.9. The maximum atomic E-state index is 12.7. The topological polar surface area (TPSA) is 131 Å². The highest BCUT2D eigenvalue weighted by Crippen LogP contribution is 2.31. The second-order valence-corrected chi connectivity index (χ2v) is 7.88. The molecule has 5 atom stereocenters. The molecule has 35 heavy (non-hydrogen) atoms. The average Bonchev–Trinajstić information content (AvgIpc) is 3.16. The van der Waals surface area contributed by atoms with Crippen LogP contribution in [0.4, 0.5) is 0 Å². The van der Waals surface area contributed by atoms with Crippen LogP contribution in [0.25, 0.3) is 6.08 Å². The van der Waals surface area contributed by atoms with E-state index in [2.05, 4.69) is 4.98 Å². The second-order valence-electron chi connectivity index (χ2n) is 7.88. The number of benzene rings is 2. The summed E-state index contributed by atoms with van der Waals surface area (Å²) in [6.45, 7) is 0. The number of H-pyrrole nitrogens is 1. The molecule has 0 radical (unpaired) electrons. The molecule has 180 valence electrons. The van der Waals surface area contributed by atoms with Gasteiger partial charge in [0.15, 0.2) is 6.23 Å². The Bertz CT molecular complexity index is 1310. The van der Waals surface area contributed by atoms with Gasteiger partial charge in [-0.25, -0.2) is 9.59 Å². The molecule has 1 aliphatic heterocycles. The Morgan fingerprint density at radius 2 is 1.66 bits per heavy atom. The lowest BCUT2D eigenvalue weighted by atomic mass is 10.0. The first-order valence-corrected chi connectivity index (χ1v) is 10.9. The van der Waals surface area contributed by atoms with Crippen molar-refractivity contribution in [2.45, 2.75) is 30.6 Å². The third kappa shape index (κ3) is 5.72. The predicted octanol–water partition coefficient (Wildman–Crippen LogP) is 1.65. The van der Waals surface area contributed by atoms with Crippen LogP contribution in [0.1, 0.15) is 22.1 Å². The van der Waals surface area contributed by atoms with E-state index in [4.69, 9.17) is 9.47 Å². The van der Waals surface area contributed by atoms with E-state index in [0.717, 1.165) is 22.4 Å². The van der Waals surface area contributed by atoms with Gasteiger partial charge in [0.1, 0.15) is 24.4 Å². The Kier molecular flexibility index (Phi) is 7.51. The molecule has 1 saturated heterocycles. The fraction of sp³-hybridized carbons (Fsp3) is 0.192. The lowest BCUT2D eigenvalue weighted by Crippen LogP contribution is -2.40. The summed E-state index contributed by atoms with van der Waals surface area (Å²) in [5.74, 6) is -0.651. The van der Waals surface area contributed by atoms with E-state index in [-0.39, 0.29) is 0 Å². The van der Waals surface area contributed by atoms with Crippen LogP contribution in [-0.2, 0) is 9.47 Å². The maximum Gasteiger partial charge on any atom is 0.338 e. The second kappa shape index (κ2) is 10.9. The lowest BCUT2D eigenvalue weighted by Gasteiger charge is -2.23. The molecule has 0 bridgehead atoms. The molecule has 0 unspecified atom stereocenters. The van der Waals surface area contributed by atoms with Gasteiger partial charge >= 0.3 is 11.7 Å². The summed E-state index contributed by atoms with van der Waals surface area (Å²) in [5.41, 5.74) is -0.167. The molecule has 9 nitrogen and oxygen atoms in total. The van der Waals surface area contributed by atoms with Gasteiger partial charge in [0.25, 0.3) is 5.56 Å². The Labute approximate surface area is 200 Å². The van der Waals surface area contributed by atoms with Crippen LogP contribution in [0.5, 0.6) is 0 Å². The maximum absolute atomic E-state index is 12.7. The van der Waals surface area contributed by atoms with Crippen molar-refractivity contribution in [1.29, 1.82) is 0 Å². The number of ether oxygens (including phenoxy) is 2. The summed E-state index contributed by atoms with van der Waals surface area (Å²) in [6.07, 6.45) is 1.30. The minimum Gasteiger partial charge on any atom is -0.452 e. The zero-order chi connectivity index (χ0) is 24.8. The number of carbonyl (C=O) groups excluding carboxylic acids is 1. The number of aliphatic hydroxyl groups is 2. The SMILES string of the molecule is O=C(O[C@@H](/C=C/C=C/c1ccccc1)[C@H]1O[C@@H](n2ccc(=O)[nH]c2=O)[C@H](O)[C@@H]1O)c1ccccc1. The fourth-order valence-corrected chi connectivity index (χ4v) is 3.70. The van der Waals surface area contributed by atoms with Crippen LogP contribution in [0.2, 0.25) is 0 Å². The van der Waals surface area contributed by atoms with Crippen molar-refractivity contribution in [3.8, 4) is 0 Å². The standard InChI is InChI=1S/C26H24N2O7/c29-20-15-16-28(26(33)27-20)24-22(31)21(30)23(35-24)19(34-25(32)18-12-5-2-6-13-18)14-8-7-11-17-9-3-1-4-10-17/h1-16,19,21-24,30-31H,(H,27,29,33)/b11-7+,14-8+/t19-,21-,22+,23+,24+/m0/s1. The number of hydrogen-bond acceptors (Lipinski definition) is 7. The minimum atomic E-state index is -1.52. The molecule has 2 aromatic carbocycles. The summed E-state index contributed by atoms with van der Waals surface area (Å²) in [4.78, 5) is 38.4. The molecule has 4 rings (SSSR count). The predicted molar refractivity (Wildman–Crippen MR) is 128 cm³/mol. The fourth-order valence-electron chi connectivity index (χ4n) is 3.70. The van der Waals surface area contributed by atoms with Crippen molar-refractivity contribution in [1.82, 2.24) is 9.55 Å². The molecule has 3 N–H and O–H groups in total. The Morgan fingerprint density at radius 3 is 2.34 bits per heavy atom. The smallest absolute Gasteiger partial charge is 0.338 e. The molecule has 0 saturated carbocycles. The van der Waals surface area contributed by atoms with Crippen LogP contribution in [0, 0.1) is 0 Å². The molecule has 0 amide bonds. The normalized spacial score (nSPS) is 23.0. The van der Waals surface area contributed by atoms with Crippen LogP contribution in [-0.4, -0.2) is 50.1 Å². The number of aromatic nitrogens is 2. The third-order valence-electron chi connectivity index (χ3n) is 5.48. The quantitative estimate of drug-likeness (QED) is 0.349. The summed E-state index contributed by atoms with van der Waals surface area (Å²) >= 11 is 0. The Hall–Kier alpha value is -4.05. The number of esters is 1. The number of carbonyl (C=O) groups is 1. The average molecular weight is 476 g/mol. The highest BCUT2D eigenvalue weighted by atomic mass is 16.6. The van der Waals surface area contributed by atoms with Gasteiger partial charge in [-0.3, -0.25) is 14.3 Å². The van der Waals surface area contributed by atoms with E-state index in [1.54, 1.807) is 42.5 Å². The van der Waals surface area contributed by atoms with Gasteiger partial charge in [-0.05, 0) is 23.8 Å². The summed E-state index contributed by atoms with van der Waals surface area (Å²) in [5, 5.41) is 21.3. The summed E-state index contributed by atoms with van der Waals surface area (Å²) in [7, 11) is 0. The molecular weight excluding hydrogens is 452 g/mol. The van der Waals surface area contributed by atoms with Crippen molar-refractivity contribution in [2.24, 2.45) is 0 Å². The monoisotopic (exact) mass is 476 g/mol.